The van der Waals surface area contributed by atoms with Crippen LogP contribution in [0, 0.1) is 12.7 Å². The van der Waals surface area contributed by atoms with E-state index in [9.17, 15) is 9.18 Å². The molecule has 8 heteroatoms. The first-order valence-electron chi connectivity index (χ1n) is 8.18. The number of para-hydroxylation sites is 1. The number of benzene rings is 1. The summed E-state index contributed by atoms with van der Waals surface area (Å²) in [6.07, 6.45) is 2.18. The van der Waals surface area contributed by atoms with E-state index >= 15 is 0 Å². The summed E-state index contributed by atoms with van der Waals surface area (Å²) in [5, 5.41) is 5.92. The molecular weight excluding hydrogens is 335 g/mol. The molecule has 4 rings (SSSR count). The number of aromatic amines is 1. The first-order chi connectivity index (χ1) is 12.5. The fraction of sp³-hybridized carbons (Fsp3) is 0.167. The zero-order valence-corrected chi connectivity index (χ0v) is 14.1. The Morgan fingerprint density at radius 1 is 1.27 bits per heavy atom. The van der Waals surface area contributed by atoms with Gasteiger partial charge in [0.05, 0.1) is 28.3 Å². The first kappa shape index (κ1) is 16.1. The van der Waals surface area contributed by atoms with Crippen molar-refractivity contribution in [1.29, 1.82) is 0 Å². The number of carbonyl (C=O) groups is 1. The lowest BCUT2D eigenvalue weighted by molar-refractivity contribution is 0.0947. The Morgan fingerprint density at radius 3 is 2.88 bits per heavy atom. The van der Waals surface area contributed by atoms with Gasteiger partial charge < -0.3 is 21.4 Å². The van der Waals surface area contributed by atoms with Crippen LogP contribution in [-0.4, -0.2) is 27.4 Å². The highest BCUT2D eigenvalue weighted by Crippen LogP contribution is 2.37. The molecule has 3 heterocycles. The summed E-state index contributed by atoms with van der Waals surface area (Å²) in [4.78, 5) is 23.8. The number of fused-ring (bicyclic) bond motifs is 1. The summed E-state index contributed by atoms with van der Waals surface area (Å²) in [7, 11) is 0. The molecule has 7 nitrogen and oxygen atoms in total. The van der Waals surface area contributed by atoms with Gasteiger partial charge in [-0.15, -0.1) is 0 Å². The number of aromatic nitrogens is 3. The Kier molecular flexibility index (Phi) is 3.80. The van der Waals surface area contributed by atoms with Crippen LogP contribution < -0.4 is 16.4 Å². The van der Waals surface area contributed by atoms with Gasteiger partial charge in [0.15, 0.2) is 0 Å². The monoisotopic (exact) mass is 352 g/mol. The molecule has 3 aromatic rings. The van der Waals surface area contributed by atoms with Gasteiger partial charge in [-0.3, -0.25) is 4.79 Å². The van der Waals surface area contributed by atoms with Gasteiger partial charge in [0, 0.05) is 24.9 Å². The van der Waals surface area contributed by atoms with E-state index in [0.717, 1.165) is 11.3 Å². The minimum Gasteiger partial charge on any atom is -0.368 e. The Morgan fingerprint density at radius 2 is 2.12 bits per heavy atom. The zero-order chi connectivity index (χ0) is 18.3. The number of carbonyl (C=O) groups excluding carboxylic acids is 1. The number of nitrogens with one attached hydrogen (secondary N) is 3. The maximum Gasteiger partial charge on any atom is 0.255 e. The molecule has 0 aliphatic carbocycles. The number of H-pyrrole nitrogens is 1. The smallest absolute Gasteiger partial charge is 0.255 e. The molecule has 1 aromatic carbocycles. The predicted octanol–water partition coefficient (Wildman–Crippen LogP) is 2.53. The summed E-state index contributed by atoms with van der Waals surface area (Å²) in [5.41, 5.74) is 9.55. The van der Waals surface area contributed by atoms with Gasteiger partial charge in [-0.25, -0.2) is 14.4 Å². The molecule has 0 radical (unpaired) electrons. The quantitative estimate of drug-likeness (QED) is 0.579. The summed E-state index contributed by atoms with van der Waals surface area (Å²) in [6, 6.07) is 6.50. The average molecular weight is 352 g/mol. The van der Waals surface area contributed by atoms with Crippen LogP contribution in [0.15, 0.2) is 30.5 Å². The van der Waals surface area contributed by atoms with Crippen LogP contribution >= 0.6 is 0 Å². The number of hydrogen-bond donors (Lipinski definition) is 4. The van der Waals surface area contributed by atoms with Crippen molar-refractivity contribution in [3.05, 3.63) is 53.1 Å². The van der Waals surface area contributed by atoms with Crippen LogP contribution in [0.4, 0.5) is 21.7 Å². The molecule has 26 heavy (non-hydrogen) atoms. The van der Waals surface area contributed by atoms with Crippen molar-refractivity contribution in [2.45, 2.75) is 13.3 Å². The van der Waals surface area contributed by atoms with Crippen molar-refractivity contribution in [2.75, 3.05) is 17.6 Å². The lowest BCUT2D eigenvalue weighted by atomic mass is 10.1. The molecule has 2 aromatic heterocycles. The second-order valence-corrected chi connectivity index (χ2v) is 6.09. The number of nitrogen functional groups attached to an aromatic ring is 1. The molecule has 1 aliphatic rings. The molecule has 132 valence electrons. The lowest BCUT2D eigenvalue weighted by Gasteiger charge is -2.16. The average Bonchev–Trinajstić information content (AvgIpc) is 2.98. The molecule has 0 unspecified atom stereocenters. The molecule has 5 N–H and O–H groups in total. The van der Waals surface area contributed by atoms with Gasteiger partial charge in [0.1, 0.15) is 5.82 Å². The second kappa shape index (κ2) is 6.14. The highest BCUT2D eigenvalue weighted by molar-refractivity contribution is 6.06. The Labute approximate surface area is 148 Å². The van der Waals surface area contributed by atoms with E-state index in [1.54, 1.807) is 25.1 Å². The summed E-state index contributed by atoms with van der Waals surface area (Å²) in [5.74, 6) is -0.496. The van der Waals surface area contributed by atoms with Crippen LogP contribution in [-0.2, 0) is 6.42 Å². The third-order valence-electron chi connectivity index (χ3n) is 4.37. The predicted molar refractivity (Wildman–Crippen MR) is 96.7 cm³/mol. The molecule has 0 saturated heterocycles. The highest BCUT2D eigenvalue weighted by Gasteiger charge is 2.28. The molecule has 0 spiro atoms. The number of aryl methyl sites for hydroxylation is 1. The maximum absolute atomic E-state index is 14.4. The number of hydrogen-bond acceptors (Lipinski definition) is 5. The molecular formula is C18H17FN6O. The first-order valence-corrected chi connectivity index (χ1v) is 8.18. The lowest BCUT2D eigenvalue weighted by Crippen LogP contribution is -2.31. The number of anilines is 3. The molecule has 0 bridgehead atoms. The van der Waals surface area contributed by atoms with Crippen molar-refractivity contribution >= 4 is 23.2 Å². The molecule has 0 saturated carbocycles. The fourth-order valence-corrected chi connectivity index (χ4v) is 3.12. The summed E-state index contributed by atoms with van der Waals surface area (Å²) < 4.78 is 14.4. The van der Waals surface area contributed by atoms with Gasteiger partial charge in [-0.1, -0.05) is 12.1 Å². The zero-order valence-electron chi connectivity index (χ0n) is 14.1. The fourth-order valence-electron chi connectivity index (χ4n) is 3.12. The van der Waals surface area contributed by atoms with Gasteiger partial charge in [0.25, 0.3) is 5.91 Å². The van der Waals surface area contributed by atoms with Gasteiger partial charge in [-0.2, -0.15) is 0 Å². The van der Waals surface area contributed by atoms with Gasteiger partial charge in [-0.05, 0) is 24.6 Å². The van der Waals surface area contributed by atoms with Crippen LogP contribution in [0.25, 0.3) is 11.4 Å². The second-order valence-electron chi connectivity index (χ2n) is 6.09. The Balaban J connectivity index is 1.91. The normalized spacial score (nSPS) is 13.2. The third-order valence-corrected chi connectivity index (χ3v) is 4.37. The van der Waals surface area contributed by atoms with E-state index in [1.165, 1.54) is 12.3 Å². The van der Waals surface area contributed by atoms with Crippen molar-refractivity contribution in [3.63, 3.8) is 0 Å². The highest BCUT2D eigenvalue weighted by atomic mass is 19.1. The summed E-state index contributed by atoms with van der Waals surface area (Å²) in [6.45, 7) is 2.34. The SMILES string of the molecule is Cc1cccc(F)c1Nc1c(-c2ccnc(N)n2)[nH]c2c1C(=O)NCC2. The van der Waals surface area contributed by atoms with E-state index in [4.69, 9.17) is 5.73 Å². The summed E-state index contributed by atoms with van der Waals surface area (Å²) >= 11 is 0. The number of amides is 1. The minimum atomic E-state index is -0.399. The number of halogens is 1. The largest absolute Gasteiger partial charge is 0.368 e. The van der Waals surface area contributed by atoms with E-state index in [-0.39, 0.29) is 11.9 Å². The van der Waals surface area contributed by atoms with Crippen molar-refractivity contribution < 1.29 is 9.18 Å². The molecule has 1 aliphatic heterocycles. The van der Waals surface area contributed by atoms with E-state index in [0.29, 0.717) is 41.3 Å². The molecule has 0 atom stereocenters. The standard InChI is InChI=1S/C18H17FN6O/c1-9-3-2-4-10(19)14(9)25-16-13-11(5-7-21-17(13)26)23-15(16)12-6-8-22-18(20)24-12/h2-4,6,8,23,25H,5,7H2,1H3,(H,21,26)(H2,20,22,24). The minimum absolute atomic E-state index is 0.118. The maximum atomic E-state index is 14.4. The van der Waals surface area contributed by atoms with Crippen molar-refractivity contribution in [1.82, 2.24) is 20.3 Å². The van der Waals surface area contributed by atoms with Crippen LogP contribution in [0.3, 0.4) is 0 Å². The Hall–Kier alpha value is -3.42. The van der Waals surface area contributed by atoms with Gasteiger partial charge in [0.2, 0.25) is 5.95 Å². The van der Waals surface area contributed by atoms with Gasteiger partial charge >= 0.3 is 0 Å². The van der Waals surface area contributed by atoms with Crippen LogP contribution in [0.1, 0.15) is 21.6 Å². The van der Waals surface area contributed by atoms with E-state index in [2.05, 4.69) is 25.6 Å². The van der Waals surface area contributed by atoms with Crippen molar-refractivity contribution in [3.8, 4) is 11.4 Å². The number of nitrogens with two attached hydrogens (primary N) is 1. The van der Waals surface area contributed by atoms with Crippen LogP contribution in [0.5, 0.6) is 0 Å². The van der Waals surface area contributed by atoms with E-state index in [1.807, 2.05) is 0 Å². The molecule has 1 amide bonds. The van der Waals surface area contributed by atoms with Crippen LogP contribution in [0.2, 0.25) is 0 Å². The number of rotatable bonds is 3. The topological polar surface area (TPSA) is 109 Å². The van der Waals surface area contributed by atoms with E-state index < -0.39 is 5.82 Å². The van der Waals surface area contributed by atoms with Crippen molar-refractivity contribution in [2.24, 2.45) is 0 Å². The number of nitrogens with zero attached hydrogens (tertiary/aromatic N) is 2. The molecule has 0 fully saturated rings. The Bertz CT molecular complexity index is 993. The third kappa shape index (κ3) is 2.65.